The summed E-state index contributed by atoms with van der Waals surface area (Å²) in [7, 11) is 0. The van der Waals surface area contributed by atoms with Gasteiger partial charge < -0.3 is 0 Å². The Labute approximate surface area is 187 Å². The van der Waals surface area contributed by atoms with Crippen molar-refractivity contribution in [1.82, 2.24) is 0 Å². The van der Waals surface area contributed by atoms with E-state index in [1.165, 1.54) is 42.8 Å². The SMILES string of the molecule is C=Cc1ccccc1CSc1cccc2cccc(SCc3ccccc3C=C)c12. The van der Waals surface area contributed by atoms with Gasteiger partial charge in [0, 0.05) is 26.7 Å². The van der Waals surface area contributed by atoms with Gasteiger partial charge in [-0.1, -0.05) is 98.1 Å². The van der Waals surface area contributed by atoms with Crippen molar-refractivity contribution in [3.63, 3.8) is 0 Å². The smallest absolute Gasteiger partial charge is 0.0238 e. The molecule has 0 atom stereocenters. The van der Waals surface area contributed by atoms with E-state index < -0.39 is 0 Å². The standard InChI is InChI=1S/C28H24S2/c1-3-21-11-5-7-13-24(21)19-29-26-17-9-15-23-16-10-18-27(28(23)26)30-20-25-14-8-6-12-22(25)4-2/h3-18H,1-2,19-20H2. The first-order valence-electron chi connectivity index (χ1n) is 9.98. The van der Waals surface area contributed by atoms with Gasteiger partial charge in [-0.05, 0) is 39.8 Å². The highest BCUT2D eigenvalue weighted by Gasteiger charge is 2.10. The van der Waals surface area contributed by atoms with Crippen molar-refractivity contribution < 1.29 is 0 Å². The first kappa shape index (κ1) is 20.6. The molecule has 4 aromatic carbocycles. The Morgan fingerprint density at radius 3 is 1.50 bits per heavy atom. The second kappa shape index (κ2) is 9.88. The molecule has 0 heterocycles. The zero-order valence-corrected chi connectivity index (χ0v) is 18.5. The molecular weight excluding hydrogens is 400 g/mol. The number of fused-ring (bicyclic) bond motifs is 1. The first-order chi connectivity index (χ1) is 14.8. The van der Waals surface area contributed by atoms with E-state index in [1.807, 2.05) is 35.7 Å². The van der Waals surface area contributed by atoms with Crippen LogP contribution in [-0.2, 0) is 11.5 Å². The van der Waals surface area contributed by atoms with Gasteiger partial charge in [0.15, 0.2) is 0 Å². The van der Waals surface area contributed by atoms with E-state index in [9.17, 15) is 0 Å². The molecule has 0 spiro atoms. The topological polar surface area (TPSA) is 0 Å². The van der Waals surface area contributed by atoms with Crippen molar-refractivity contribution in [2.24, 2.45) is 0 Å². The first-order valence-corrected chi connectivity index (χ1v) is 12.0. The maximum Gasteiger partial charge on any atom is 0.0238 e. The van der Waals surface area contributed by atoms with Gasteiger partial charge in [0.1, 0.15) is 0 Å². The van der Waals surface area contributed by atoms with Crippen LogP contribution < -0.4 is 0 Å². The van der Waals surface area contributed by atoms with Crippen molar-refractivity contribution in [3.05, 3.63) is 120 Å². The molecule has 148 valence electrons. The third-order valence-electron chi connectivity index (χ3n) is 5.14. The van der Waals surface area contributed by atoms with E-state index in [0.29, 0.717) is 0 Å². The van der Waals surface area contributed by atoms with Gasteiger partial charge in [-0.2, -0.15) is 0 Å². The quantitative estimate of drug-likeness (QED) is 0.259. The zero-order valence-electron chi connectivity index (χ0n) is 16.9. The minimum absolute atomic E-state index is 0.930. The van der Waals surface area contributed by atoms with Crippen LogP contribution in [0, 0.1) is 0 Å². The predicted molar refractivity (Wildman–Crippen MR) is 136 cm³/mol. The molecule has 0 bridgehead atoms. The van der Waals surface area contributed by atoms with Crippen LogP contribution in [0.15, 0.2) is 108 Å². The van der Waals surface area contributed by atoms with Crippen LogP contribution in [0.1, 0.15) is 22.3 Å². The Morgan fingerprint density at radius 1 is 0.567 bits per heavy atom. The van der Waals surface area contributed by atoms with Gasteiger partial charge in [0.2, 0.25) is 0 Å². The van der Waals surface area contributed by atoms with Gasteiger partial charge in [0.05, 0.1) is 0 Å². The highest BCUT2D eigenvalue weighted by Crippen LogP contribution is 2.38. The van der Waals surface area contributed by atoms with Crippen molar-refractivity contribution in [2.45, 2.75) is 21.3 Å². The van der Waals surface area contributed by atoms with Gasteiger partial charge in [-0.15, -0.1) is 23.5 Å². The van der Waals surface area contributed by atoms with E-state index in [0.717, 1.165) is 11.5 Å². The Balaban J connectivity index is 1.63. The van der Waals surface area contributed by atoms with Gasteiger partial charge in [-0.3, -0.25) is 0 Å². The lowest BCUT2D eigenvalue weighted by molar-refractivity contribution is 1.36. The molecule has 0 saturated carbocycles. The predicted octanol–water partition coefficient (Wildman–Crippen LogP) is 8.71. The van der Waals surface area contributed by atoms with Crippen molar-refractivity contribution >= 4 is 46.4 Å². The van der Waals surface area contributed by atoms with Gasteiger partial charge in [-0.25, -0.2) is 0 Å². The number of rotatable bonds is 8. The van der Waals surface area contributed by atoms with Crippen LogP contribution in [-0.4, -0.2) is 0 Å². The second-order valence-corrected chi connectivity index (χ2v) is 9.03. The molecule has 0 N–H and O–H groups in total. The number of thioether (sulfide) groups is 2. The molecule has 0 unspecified atom stereocenters. The van der Waals surface area contributed by atoms with E-state index in [2.05, 4.69) is 98.1 Å². The monoisotopic (exact) mass is 424 g/mol. The lowest BCUT2D eigenvalue weighted by atomic mass is 10.1. The van der Waals surface area contributed by atoms with Crippen LogP contribution in [0.4, 0.5) is 0 Å². The molecule has 0 aliphatic carbocycles. The third-order valence-corrected chi connectivity index (χ3v) is 7.36. The fourth-order valence-corrected chi connectivity index (χ4v) is 5.86. The van der Waals surface area contributed by atoms with E-state index in [-0.39, 0.29) is 0 Å². The molecule has 0 aliphatic rings. The van der Waals surface area contributed by atoms with E-state index in [4.69, 9.17) is 0 Å². The van der Waals surface area contributed by atoms with Crippen molar-refractivity contribution in [3.8, 4) is 0 Å². The highest BCUT2D eigenvalue weighted by molar-refractivity contribution is 7.99. The average Bonchev–Trinajstić information content (AvgIpc) is 2.81. The zero-order chi connectivity index (χ0) is 20.8. The number of hydrogen-bond donors (Lipinski definition) is 0. The van der Waals surface area contributed by atoms with Crippen LogP contribution in [0.25, 0.3) is 22.9 Å². The molecule has 4 aromatic rings. The third kappa shape index (κ3) is 4.56. The van der Waals surface area contributed by atoms with Gasteiger partial charge in [0.25, 0.3) is 0 Å². The summed E-state index contributed by atoms with van der Waals surface area (Å²) >= 11 is 3.80. The summed E-state index contributed by atoms with van der Waals surface area (Å²) in [5.41, 5.74) is 5.06. The van der Waals surface area contributed by atoms with Crippen LogP contribution >= 0.6 is 23.5 Å². The summed E-state index contributed by atoms with van der Waals surface area (Å²) in [5.74, 6) is 1.86. The van der Waals surface area contributed by atoms with E-state index in [1.54, 1.807) is 0 Å². The lowest BCUT2D eigenvalue weighted by Crippen LogP contribution is -1.89. The molecule has 30 heavy (non-hydrogen) atoms. The van der Waals surface area contributed by atoms with Crippen molar-refractivity contribution in [1.29, 1.82) is 0 Å². The Morgan fingerprint density at radius 2 is 1.03 bits per heavy atom. The maximum atomic E-state index is 3.96. The Hall–Kier alpha value is -2.68. The normalized spacial score (nSPS) is 10.8. The molecule has 0 nitrogen and oxygen atoms in total. The summed E-state index contributed by atoms with van der Waals surface area (Å²) in [6, 6.07) is 30.2. The molecule has 0 fully saturated rings. The lowest BCUT2D eigenvalue weighted by Gasteiger charge is -2.13. The molecule has 2 heteroatoms. The number of hydrogen-bond acceptors (Lipinski definition) is 2. The maximum absolute atomic E-state index is 3.96. The summed E-state index contributed by atoms with van der Waals surface area (Å²) in [6.45, 7) is 7.92. The second-order valence-electron chi connectivity index (χ2n) is 6.99. The summed E-state index contributed by atoms with van der Waals surface area (Å²) in [5, 5.41) is 2.64. The Kier molecular flexibility index (Phi) is 6.78. The highest BCUT2D eigenvalue weighted by atomic mass is 32.2. The summed E-state index contributed by atoms with van der Waals surface area (Å²) in [6.07, 6.45) is 3.88. The van der Waals surface area contributed by atoms with Crippen LogP contribution in [0.2, 0.25) is 0 Å². The largest absolute Gasteiger partial charge is 0.121 e. The molecule has 0 aromatic heterocycles. The molecule has 0 amide bonds. The van der Waals surface area contributed by atoms with E-state index >= 15 is 0 Å². The minimum Gasteiger partial charge on any atom is -0.121 e. The summed E-state index contributed by atoms with van der Waals surface area (Å²) < 4.78 is 0. The molecule has 0 radical (unpaired) electrons. The summed E-state index contributed by atoms with van der Waals surface area (Å²) in [4.78, 5) is 2.65. The van der Waals surface area contributed by atoms with Crippen LogP contribution in [0.5, 0.6) is 0 Å². The molecule has 0 aliphatic heterocycles. The fraction of sp³-hybridized carbons (Fsp3) is 0.0714. The number of benzene rings is 4. The molecule has 0 saturated heterocycles. The molecular formula is C28H24S2. The fourth-order valence-electron chi connectivity index (χ4n) is 3.55. The average molecular weight is 425 g/mol. The minimum atomic E-state index is 0.930. The Bertz CT molecular complexity index is 1100. The van der Waals surface area contributed by atoms with Crippen molar-refractivity contribution in [2.75, 3.05) is 0 Å². The molecule has 4 rings (SSSR count). The van der Waals surface area contributed by atoms with Gasteiger partial charge >= 0.3 is 0 Å². The van der Waals surface area contributed by atoms with Crippen LogP contribution in [0.3, 0.4) is 0 Å².